The molecule has 5 unspecified atom stereocenters. The van der Waals surface area contributed by atoms with Crippen LogP contribution in [-0.4, -0.2) is 0 Å². The van der Waals surface area contributed by atoms with Gasteiger partial charge in [0.15, 0.2) is 0 Å². The summed E-state index contributed by atoms with van der Waals surface area (Å²) in [6, 6.07) is 7.45. The summed E-state index contributed by atoms with van der Waals surface area (Å²) in [4.78, 5) is 0. The average molecular weight is 439 g/mol. The quantitative estimate of drug-likeness (QED) is 0.336. The van der Waals surface area contributed by atoms with Gasteiger partial charge in [0.25, 0.3) is 0 Å². The Morgan fingerprint density at radius 2 is 1.59 bits per heavy atom. The number of hydrogen-bond acceptors (Lipinski definition) is 0. The molecule has 32 heavy (non-hydrogen) atoms. The first-order valence-corrected chi connectivity index (χ1v) is 14.6. The van der Waals surface area contributed by atoms with Crippen LogP contribution in [0, 0.1) is 36.0 Å². The van der Waals surface area contributed by atoms with Crippen LogP contribution in [0.25, 0.3) is 0 Å². The van der Waals surface area contributed by atoms with E-state index in [0.717, 1.165) is 29.6 Å². The molecule has 0 heteroatoms. The maximum atomic E-state index is 2.67. The van der Waals surface area contributed by atoms with Crippen molar-refractivity contribution in [3.63, 3.8) is 0 Å². The lowest BCUT2D eigenvalue weighted by Gasteiger charge is -2.53. The van der Waals surface area contributed by atoms with Crippen LogP contribution in [0.15, 0.2) is 18.2 Å². The summed E-state index contributed by atoms with van der Waals surface area (Å²) in [7, 11) is 0. The van der Waals surface area contributed by atoms with Crippen molar-refractivity contribution in [2.24, 2.45) is 29.1 Å². The van der Waals surface area contributed by atoms with Crippen molar-refractivity contribution in [3.8, 4) is 0 Å². The molecule has 0 bridgehead atoms. The van der Waals surface area contributed by atoms with Crippen LogP contribution in [0.2, 0.25) is 0 Å². The predicted molar refractivity (Wildman–Crippen MR) is 142 cm³/mol. The first-order chi connectivity index (χ1) is 15.5. The Bertz CT molecular complexity index is 687. The fraction of sp³-hybridized carbons (Fsp3) is 0.812. The molecule has 2 saturated carbocycles. The molecule has 0 N–H and O–H groups in total. The Morgan fingerprint density at radius 3 is 2.31 bits per heavy atom. The summed E-state index contributed by atoms with van der Waals surface area (Å²) >= 11 is 0. The van der Waals surface area contributed by atoms with Crippen LogP contribution in [-0.2, 0) is 6.42 Å². The van der Waals surface area contributed by atoms with Gasteiger partial charge in [0.1, 0.15) is 0 Å². The summed E-state index contributed by atoms with van der Waals surface area (Å²) in [6.45, 7) is 13.8. The van der Waals surface area contributed by atoms with Gasteiger partial charge in [-0.25, -0.2) is 0 Å². The summed E-state index contributed by atoms with van der Waals surface area (Å²) < 4.78 is 0. The van der Waals surface area contributed by atoms with E-state index in [2.05, 4.69) is 45.9 Å². The van der Waals surface area contributed by atoms with Gasteiger partial charge in [-0.15, -0.1) is 0 Å². The molecule has 0 aromatic heterocycles. The number of aryl methyl sites for hydroxylation is 1. The van der Waals surface area contributed by atoms with Crippen LogP contribution in [0.3, 0.4) is 0 Å². The minimum Gasteiger partial charge on any atom is -0.0683 e. The van der Waals surface area contributed by atoms with Crippen LogP contribution in [0.1, 0.15) is 141 Å². The number of hydrogen-bond donors (Lipinski definition) is 0. The van der Waals surface area contributed by atoms with E-state index in [0.29, 0.717) is 5.41 Å². The molecule has 4 rings (SSSR count). The standard InChI is InChI=1S/C30H48.C2H6/c1-5-6-7-8-9-10-11-12-13-24-21-25-20-22(2)14-16-26(25)27-18-19-30(4)23(3)15-17-28(30)29(24)27;1-2/h14,16,20,23-24,27-29H,5-13,15,17-19,21H2,1-4H3;1-2H3/t23?,24-,27?,28?,29?,30?;/m1./s1. The van der Waals surface area contributed by atoms with Gasteiger partial charge < -0.3 is 0 Å². The smallest absolute Gasteiger partial charge is 0.0125 e. The molecule has 0 radical (unpaired) electrons. The zero-order chi connectivity index (χ0) is 23.1. The molecule has 0 spiro atoms. The molecule has 1 aromatic carbocycles. The Labute approximate surface area is 201 Å². The van der Waals surface area contributed by atoms with Crippen molar-refractivity contribution in [2.45, 2.75) is 137 Å². The highest BCUT2D eigenvalue weighted by Gasteiger charge is 2.55. The van der Waals surface area contributed by atoms with Gasteiger partial charge in [-0.05, 0) is 91.6 Å². The molecular weight excluding hydrogens is 384 g/mol. The normalized spacial score (nSPS) is 33.0. The van der Waals surface area contributed by atoms with Crippen molar-refractivity contribution in [1.29, 1.82) is 0 Å². The molecule has 3 aliphatic rings. The number of fused-ring (bicyclic) bond motifs is 5. The van der Waals surface area contributed by atoms with Gasteiger partial charge in [-0.3, -0.25) is 0 Å². The highest BCUT2D eigenvalue weighted by molar-refractivity contribution is 5.38. The van der Waals surface area contributed by atoms with Gasteiger partial charge in [0.05, 0.1) is 0 Å². The number of unbranched alkanes of at least 4 members (excludes halogenated alkanes) is 7. The van der Waals surface area contributed by atoms with E-state index in [4.69, 9.17) is 0 Å². The van der Waals surface area contributed by atoms with E-state index >= 15 is 0 Å². The van der Waals surface area contributed by atoms with E-state index in [-0.39, 0.29) is 0 Å². The van der Waals surface area contributed by atoms with Crippen LogP contribution in [0.5, 0.6) is 0 Å². The van der Waals surface area contributed by atoms with E-state index < -0.39 is 0 Å². The molecule has 182 valence electrons. The predicted octanol–water partition coefficient (Wildman–Crippen LogP) is 10.3. The largest absolute Gasteiger partial charge is 0.0683 e. The number of rotatable bonds is 9. The highest BCUT2D eigenvalue weighted by Crippen LogP contribution is 2.64. The molecule has 0 nitrogen and oxygen atoms in total. The molecule has 0 aliphatic heterocycles. The van der Waals surface area contributed by atoms with Crippen LogP contribution < -0.4 is 0 Å². The summed E-state index contributed by atoms with van der Waals surface area (Å²) in [5.41, 5.74) is 5.56. The minimum absolute atomic E-state index is 0.626. The lowest BCUT2D eigenvalue weighted by atomic mass is 9.51. The molecule has 3 aliphatic carbocycles. The third kappa shape index (κ3) is 5.47. The molecule has 0 saturated heterocycles. The average Bonchev–Trinajstić information content (AvgIpc) is 3.11. The van der Waals surface area contributed by atoms with E-state index in [9.17, 15) is 0 Å². The Hall–Kier alpha value is -0.780. The first kappa shape index (κ1) is 25.8. The first-order valence-electron chi connectivity index (χ1n) is 14.6. The van der Waals surface area contributed by atoms with Gasteiger partial charge in [-0.2, -0.15) is 0 Å². The van der Waals surface area contributed by atoms with Crippen molar-refractivity contribution in [3.05, 3.63) is 34.9 Å². The zero-order valence-corrected chi connectivity index (χ0v) is 22.5. The molecule has 0 amide bonds. The monoisotopic (exact) mass is 438 g/mol. The molecule has 6 atom stereocenters. The third-order valence-electron chi connectivity index (χ3n) is 9.96. The van der Waals surface area contributed by atoms with Gasteiger partial charge >= 0.3 is 0 Å². The number of benzene rings is 1. The Balaban J connectivity index is 0.00000141. The van der Waals surface area contributed by atoms with E-state index in [1.165, 1.54) is 95.5 Å². The second-order valence-electron chi connectivity index (χ2n) is 11.7. The SMILES string of the molecule is CC.CCCCCCCCCC[C@@H]1Cc2cc(C)ccc2C2CCC3(C)C(C)CCC3C21. The molecule has 1 aromatic rings. The van der Waals surface area contributed by atoms with Gasteiger partial charge in [0, 0.05) is 0 Å². The van der Waals surface area contributed by atoms with Crippen molar-refractivity contribution >= 4 is 0 Å². The Morgan fingerprint density at radius 1 is 0.906 bits per heavy atom. The van der Waals surface area contributed by atoms with E-state index in [1.54, 1.807) is 11.1 Å². The fourth-order valence-electron chi connectivity index (χ4n) is 8.00. The van der Waals surface area contributed by atoms with Gasteiger partial charge in [-0.1, -0.05) is 110 Å². The highest BCUT2D eigenvalue weighted by atomic mass is 14.6. The lowest BCUT2D eigenvalue weighted by molar-refractivity contribution is 0.00273. The second kappa shape index (κ2) is 12.1. The lowest BCUT2D eigenvalue weighted by Crippen LogP contribution is -2.45. The third-order valence-corrected chi connectivity index (χ3v) is 9.96. The van der Waals surface area contributed by atoms with Crippen LogP contribution in [0.4, 0.5) is 0 Å². The molecular formula is C32H54. The van der Waals surface area contributed by atoms with Crippen molar-refractivity contribution in [2.75, 3.05) is 0 Å². The molecule has 2 fully saturated rings. The minimum atomic E-state index is 0.626. The summed E-state index contributed by atoms with van der Waals surface area (Å²) in [5, 5.41) is 0. The zero-order valence-electron chi connectivity index (χ0n) is 22.5. The maximum absolute atomic E-state index is 2.67. The van der Waals surface area contributed by atoms with Crippen molar-refractivity contribution < 1.29 is 0 Å². The topological polar surface area (TPSA) is 0 Å². The van der Waals surface area contributed by atoms with Crippen molar-refractivity contribution in [1.82, 2.24) is 0 Å². The maximum Gasteiger partial charge on any atom is -0.0125 e. The summed E-state index contributed by atoms with van der Waals surface area (Å²) in [6.07, 6.45) is 20.4. The Kier molecular flexibility index (Phi) is 9.75. The van der Waals surface area contributed by atoms with Gasteiger partial charge in [0.2, 0.25) is 0 Å². The summed E-state index contributed by atoms with van der Waals surface area (Å²) in [5.74, 6) is 4.69. The van der Waals surface area contributed by atoms with E-state index in [1.807, 2.05) is 13.8 Å². The fourth-order valence-corrected chi connectivity index (χ4v) is 8.00. The molecule has 0 heterocycles. The second-order valence-corrected chi connectivity index (χ2v) is 11.7. The van der Waals surface area contributed by atoms with Crippen LogP contribution >= 0.6 is 0 Å².